The minimum atomic E-state index is -0.361. The van der Waals surface area contributed by atoms with Crippen LogP contribution in [0.4, 0.5) is 0 Å². The van der Waals surface area contributed by atoms with Gasteiger partial charge in [0.05, 0.1) is 24.7 Å². The molecular weight excluding hydrogens is 238 g/mol. The van der Waals surface area contributed by atoms with Crippen molar-refractivity contribution in [1.29, 1.82) is 5.26 Å². The van der Waals surface area contributed by atoms with Crippen LogP contribution in [0.2, 0.25) is 0 Å². The summed E-state index contributed by atoms with van der Waals surface area (Å²) < 4.78 is 11.8. The van der Waals surface area contributed by atoms with Gasteiger partial charge < -0.3 is 9.47 Å². The lowest BCUT2D eigenvalue weighted by Crippen LogP contribution is -2.44. The molecule has 4 rings (SSSR count). The summed E-state index contributed by atoms with van der Waals surface area (Å²) in [5.41, 5.74) is 0.838. The second kappa shape index (κ2) is 3.82. The number of nitriles is 1. The zero-order valence-corrected chi connectivity index (χ0v) is 10.8. The van der Waals surface area contributed by atoms with Crippen molar-refractivity contribution in [2.75, 3.05) is 13.2 Å². The smallest absolute Gasteiger partial charge is 0.171 e. The Morgan fingerprint density at radius 2 is 1.79 bits per heavy atom. The summed E-state index contributed by atoms with van der Waals surface area (Å²) in [6.45, 7) is 1.40. The summed E-state index contributed by atoms with van der Waals surface area (Å²) in [5, 5.41) is 9.79. The highest BCUT2D eigenvalue weighted by Crippen LogP contribution is 2.62. The van der Waals surface area contributed by atoms with Gasteiger partial charge in [-0.2, -0.15) is 5.26 Å². The Labute approximate surface area is 113 Å². The fourth-order valence-corrected chi connectivity index (χ4v) is 4.40. The first kappa shape index (κ1) is 11.5. The Hall–Kier alpha value is -1.37. The van der Waals surface area contributed by atoms with Gasteiger partial charge in [0.15, 0.2) is 5.79 Å². The molecule has 1 saturated heterocycles. The van der Waals surface area contributed by atoms with E-state index in [1.54, 1.807) is 0 Å². The Bertz CT molecular complexity index is 529. The first-order valence-corrected chi connectivity index (χ1v) is 7.04. The highest BCUT2D eigenvalue weighted by atomic mass is 16.7. The molecular formula is C16H17NO2. The third kappa shape index (κ3) is 1.39. The molecule has 0 unspecified atom stereocenters. The van der Waals surface area contributed by atoms with E-state index < -0.39 is 0 Å². The summed E-state index contributed by atoms with van der Waals surface area (Å²) in [6.07, 6.45) is 2.81. The SMILES string of the molecule is N#C[C@@]1(c2ccccc2)C[C@@H]2C[C@H]1CC21OCCO1. The van der Waals surface area contributed by atoms with Gasteiger partial charge in [-0.15, -0.1) is 0 Å². The predicted octanol–water partition coefficient (Wildman–Crippen LogP) is 2.62. The number of nitrogens with zero attached hydrogens (tertiary/aromatic N) is 1. The van der Waals surface area contributed by atoms with Gasteiger partial charge in [0.25, 0.3) is 0 Å². The molecule has 1 aromatic rings. The van der Waals surface area contributed by atoms with E-state index in [4.69, 9.17) is 9.47 Å². The zero-order valence-electron chi connectivity index (χ0n) is 10.8. The molecule has 0 N–H and O–H groups in total. The molecule has 0 aromatic heterocycles. The molecule has 3 aliphatic rings. The average molecular weight is 255 g/mol. The van der Waals surface area contributed by atoms with Crippen LogP contribution in [-0.2, 0) is 14.9 Å². The highest BCUT2D eigenvalue weighted by Gasteiger charge is 2.64. The maximum absolute atomic E-state index is 9.79. The van der Waals surface area contributed by atoms with Crippen LogP contribution in [0.15, 0.2) is 30.3 Å². The van der Waals surface area contributed by atoms with Crippen LogP contribution in [0, 0.1) is 23.2 Å². The third-order valence-corrected chi connectivity index (χ3v) is 5.25. The molecule has 3 atom stereocenters. The van der Waals surface area contributed by atoms with Crippen molar-refractivity contribution < 1.29 is 9.47 Å². The van der Waals surface area contributed by atoms with Crippen molar-refractivity contribution in [2.24, 2.45) is 11.8 Å². The van der Waals surface area contributed by atoms with Crippen LogP contribution in [-0.4, -0.2) is 19.0 Å². The van der Waals surface area contributed by atoms with Crippen LogP contribution in [0.25, 0.3) is 0 Å². The molecule has 2 bridgehead atoms. The van der Waals surface area contributed by atoms with Gasteiger partial charge in [0.2, 0.25) is 0 Å². The zero-order chi connectivity index (χ0) is 12.9. The summed E-state index contributed by atoms with van der Waals surface area (Å²) in [5.74, 6) is 0.377. The second-order valence-corrected chi connectivity index (χ2v) is 6.00. The maximum Gasteiger partial charge on any atom is 0.171 e. The molecule has 3 fully saturated rings. The number of hydrogen-bond donors (Lipinski definition) is 0. The quantitative estimate of drug-likeness (QED) is 0.774. The number of hydrogen-bond acceptors (Lipinski definition) is 3. The topological polar surface area (TPSA) is 42.2 Å². The summed E-state index contributed by atoms with van der Waals surface area (Å²) in [4.78, 5) is 0. The van der Waals surface area contributed by atoms with E-state index in [9.17, 15) is 5.26 Å². The van der Waals surface area contributed by atoms with Gasteiger partial charge in [-0.1, -0.05) is 30.3 Å². The van der Waals surface area contributed by atoms with E-state index in [-0.39, 0.29) is 11.2 Å². The molecule has 3 heteroatoms. The molecule has 3 nitrogen and oxygen atoms in total. The van der Waals surface area contributed by atoms with Gasteiger partial charge in [-0.3, -0.25) is 0 Å². The number of fused-ring (bicyclic) bond motifs is 3. The van der Waals surface area contributed by atoms with Gasteiger partial charge in [-0.25, -0.2) is 0 Å². The molecule has 1 aromatic carbocycles. The fraction of sp³-hybridized carbons (Fsp3) is 0.562. The first-order chi connectivity index (χ1) is 9.29. The monoisotopic (exact) mass is 255 g/mol. The van der Waals surface area contributed by atoms with E-state index in [1.807, 2.05) is 18.2 Å². The average Bonchev–Trinajstić information content (AvgIpc) is 3.15. The molecule has 2 aliphatic carbocycles. The van der Waals surface area contributed by atoms with Crippen LogP contribution in [0.5, 0.6) is 0 Å². The Morgan fingerprint density at radius 1 is 1.05 bits per heavy atom. The van der Waals surface area contributed by atoms with Crippen LogP contribution < -0.4 is 0 Å². The third-order valence-electron chi connectivity index (χ3n) is 5.25. The minimum Gasteiger partial charge on any atom is -0.347 e. The predicted molar refractivity (Wildman–Crippen MR) is 69.2 cm³/mol. The molecule has 98 valence electrons. The number of rotatable bonds is 1. The Balaban J connectivity index is 1.71. The van der Waals surface area contributed by atoms with Crippen LogP contribution in [0.1, 0.15) is 24.8 Å². The lowest BCUT2D eigenvalue weighted by molar-refractivity contribution is -0.194. The largest absolute Gasteiger partial charge is 0.347 e. The van der Waals surface area contributed by atoms with Crippen molar-refractivity contribution in [2.45, 2.75) is 30.5 Å². The van der Waals surface area contributed by atoms with Crippen LogP contribution >= 0.6 is 0 Å². The molecule has 1 heterocycles. The lowest BCUT2D eigenvalue weighted by Gasteiger charge is -2.39. The standard InChI is InChI=1S/C16H17NO2/c17-11-15(12-4-2-1-3-5-12)9-14-8-13(15)10-16(14)18-6-7-19-16/h1-5,13-14H,6-10H2/t13-,14-,15+/m0/s1. The van der Waals surface area contributed by atoms with Crippen LogP contribution in [0.3, 0.4) is 0 Å². The minimum absolute atomic E-state index is 0.327. The number of ether oxygens (including phenoxy) is 2. The molecule has 0 amide bonds. The van der Waals surface area contributed by atoms with Gasteiger partial charge in [0, 0.05) is 12.3 Å². The highest BCUT2D eigenvalue weighted by molar-refractivity contribution is 5.38. The fourth-order valence-electron chi connectivity index (χ4n) is 4.40. The Kier molecular flexibility index (Phi) is 2.30. The lowest BCUT2D eigenvalue weighted by atomic mass is 9.68. The Morgan fingerprint density at radius 3 is 2.37 bits per heavy atom. The van der Waals surface area contributed by atoms with Crippen molar-refractivity contribution in [1.82, 2.24) is 0 Å². The molecule has 19 heavy (non-hydrogen) atoms. The van der Waals surface area contributed by atoms with Crippen molar-refractivity contribution >= 4 is 0 Å². The van der Waals surface area contributed by atoms with Gasteiger partial charge in [-0.05, 0) is 24.3 Å². The van der Waals surface area contributed by atoms with E-state index in [0.717, 1.165) is 24.8 Å². The normalized spacial score (nSPS) is 38.7. The second-order valence-electron chi connectivity index (χ2n) is 6.00. The summed E-state index contributed by atoms with van der Waals surface area (Å²) in [6, 6.07) is 12.9. The van der Waals surface area contributed by atoms with Crippen molar-refractivity contribution in [3.05, 3.63) is 35.9 Å². The van der Waals surface area contributed by atoms with Gasteiger partial charge >= 0.3 is 0 Å². The number of benzene rings is 1. The first-order valence-electron chi connectivity index (χ1n) is 7.04. The molecule has 1 aliphatic heterocycles. The van der Waals surface area contributed by atoms with E-state index >= 15 is 0 Å². The molecule has 0 radical (unpaired) electrons. The molecule has 2 saturated carbocycles. The van der Waals surface area contributed by atoms with E-state index in [1.165, 1.54) is 0 Å². The maximum atomic E-state index is 9.79. The van der Waals surface area contributed by atoms with E-state index in [2.05, 4.69) is 18.2 Å². The van der Waals surface area contributed by atoms with Crippen molar-refractivity contribution in [3.63, 3.8) is 0 Å². The van der Waals surface area contributed by atoms with E-state index in [0.29, 0.717) is 25.0 Å². The summed E-state index contributed by atoms with van der Waals surface area (Å²) in [7, 11) is 0. The van der Waals surface area contributed by atoms with Crippen molar-refractivity contribution in [3.8, 4) is 6.07 Å². The summed E-state index contributed by atoms with van der Waals surface area (Å²) >= 11 is 0. The van der Waals surface area contributed by atoms with Gasteiger partial charge in [0.1, 0.15) is 0 Å². The molecule has 1 spiro atoms.